The maximum atomic E-state index is 12.3. The molecule has 2 aromatic rings. The van der Waals surface area contributed by atoms with Gasteiger partial charge in [-0.25, -0.2) is 0 Å². The lowest BCUT2D eigenvalue weighted by Crippen LogP contribution is -2.26. The molecule has 0 aliphatic carbocycles. The summed E-state index contributed by atoms with van der Waals surface area (Å²) in [6, 6.07) is 8.86. The Labute approximate surface area is 116 Å². The number of hydrogen-bond acceptors (Lipinski definition) is 4. The number of rotatable bonds is 2. The van der Waals surface area contributed by atoms with Crippen LogP contribution >= 0.6 is 0 Å². The number of anilines is 1. The van der Waals surface area contributed by atoms with Crippen LogP contribution in [0, 0.1) is 0 Å². The van der Waals surface area contributed by atoms with E-state index in [0.717, 1.165) is 5.69 Å². The van der Waals surface area contributed by atoms with Gasteiger partial charge in [0.2, 0.25) is 0 Å². The predicted molar refractivity (Wildman–Crippen MR) is 74.4 cm³/mol. The Hall–Kier alpha value is -2.56. The first-order valence-electron chi connectivity index (χ1n) is 6.33. The van der Waals surface area contributed by atoms with E-state index in [4.69, 9.17) is 9.47 Å². The third-order valence-electron chi connectivity index (χ3n) is 3.14. The highest BCUT2D eigenvalue weighted by Gasteiger charge is 2.17. The summed E-state index contributed by atoms with van der Waals surface area (Å²) in [7, 11) is 1.73. The van der Waals surface area contributed by atoms with Gasteiger partial charge in [-0.15, -0.1) is 0 Å². The highest BCUT2D eigenvalue weighted by atomic mass is 16.6. The van der Waals surface area contributed by atoms with Crippen molar-refractivity contribution in [2.45, 2.75) is 0 Å². The van der Waals surface area contributed by atoms with Crippen LogP contribution < -0.4 is 14.4 Å². The van der Waals surface area contributed by atoms with Crippen LogP contribution in [0.1, 0.15) is 10.4 Å². The first-order chi connectivity index (χ1) is 9.75. The maximum Gasteiger partial charge on any atom is 0.258 e. The summed E-state index contributed by atoms with van der Waals surface area (Å²) in [6.07, 6.45) is 3.20. The largest absolute Gasteiger partial charge is 0.486 e. The normalized spacial score (nSPS) is 12.8. The number of carbonyl (C=O) groups excluding carboxylic acids is 1. The molecule has 1 aliphatic heterocycles. The molecule has 1 aliphatic rings. The van der Waals surface area contributed by atoms with E-state index in [1.54, 1.807) is 36.5 Å². The van der Waals surface area contributed by atoms with Crippen LogP contribution in [0.4, 0.5) is 5.69 Å². The Morgan fingerprint density at radius 2 is 1.80 bits per heavy atom. The molecule has 102 valence electrons. The van der Waals surface area contributed by atoms with Gasteiger partial charge in [-0.3, -0.25) is 9.78 Å². The summed E-state index contributed by atoms with van der Waals surface area (Å²) in [5, 5.41) is 0. The van der Waals surface area contributed by atoms with Crippen LogP contribution in [0.3, 0.4) is 0 Å². The van der Waals surface area contributed by atoms with E-state index in [2.05, 4.69) is 4.98 Å². The second kappa shape index (κ2) is 5.21. The highest BCUT2D eigenvalue weighted by Crippen LogP contribution is 2.33. The van der Waals surface area contributed by atoms with Crippen LogP contribution in [0.2, 0.25) is 0 Å². The van der Waals surface area contributed by atoms with E-state index in [1.807, 2.05) is 18.2 Å². The fraction of sp³-hybridized carbons (Fsp3) is 0.200. The molecular weight excluding hydrogens is 256 g/mol. The Bertz CT molecular complexity index is 628. The van der Waals surface area contributed by atoms with E-state index in [0.29, 0.717) is 30.3 Å². The number of ether oxygens (including phenoxy) is 2. The molecule has 5 heteroatoms. The van der Waals surface area contributed by atoms with Crippen molar-refractivity contribution in [3.8, 4) is 11.5 Å². The molecule has 0 bridgehead atoms. The zero-order valence-corrected chi connectivity index (χ0v) is 11.1. The highest BCUT2D eigenvalue weighted by molar-refractivity contribution is 6.05. The Balaban J connectivity index is 1.87. The van der Waals surface area contributed by atoms with Crippen molar-refractivity contribution in [2.75, 3.05) is 25.2 Å². The lowest BCUT2D eigenvalue weighted by atomic mass is 10.2. The van der Waals surface area contributed by atoms with E-state index in [1.165, 1.54) is 0 Å². The maximum absolute atomic E-state index is 12.3. The summed E-state index contributed by atoms with van der Waals surface area (Å²) in [4.78, 5) is 17.8. The van der Waals surface area contributed by atoms with Crippen molar-refractivity contribution in [3.05, 3.63) is 48.3 Å². The van der Waals surface area contributed by atoms with Crippen LogP contribution in [0.5, 0.6) is 11.5 Å². The molecule has 3 rings (SSSR count). The van der Waals surface area contributed by atoms with Crippen LogP contribution in [0.15, 0.2) is 42.7 Å². The van der Waals surface area contributed by atoms with Crippen molar-refractivity contribution in [1.82, 2.24) is 4.98 Å². The van der Waals surface area contributed by atoms with E-state index in [-0.39, 0.29) is 5.91 Å². The lowest BCUT2D eigenvalue weighted by Gasteiger charge is -2.22. The first kappa shape index (κ1) is 12.5. The quantitative estimate of drug-likeness (QED) is 0.839. The molecule has 0 saturated carbocycles. The lowest BCUT2D eigenvalue weighted by molar-refractivity contribution is 0.0992. The number of carbonyl (C=O) groups is 1. The molecule has 0 radical (unpaired) electrons. The number of pyridine rings is 1. The van der Waals surface area contributed by atoms with Gasteiger partial charge >= 0.3 is 0 Å². The third-order valence-corrected chi connectivity index (χ3v) is 3.14. The van der Waals surface area contributed by atoms with Crippen molar-refractivity contribution in [2.24, 2.45) is 0 Å². The van der Waals surface area contributed by atoms with Gasteiger partial charge in [0.1, 0.15) is 13.2 Å². The zero-order chi connectivity index (χ0) is 13.9. The predicted octanol–water partition coefficient (Wildman–Crippen LogP) is 2.13. The third kappa shape index (κ3) is 2.30. The molecule has 0 spiro atoms. The summed E-state index contributed by atoms with van der Waals surface area (Å²) in [5.41, 5.74) is 1.36. The number of nitrogens with zero attached hydrogens (tertiary/aromatic N) is 2. The van der Waals surface area contributed by atoms with Crippen molar-refractivity contribution in [1.29, 1.82) is 0 Å². The molecule has 0 atom stereocenters. The minimum Gasteiger partial charge on any atom is -0.486 e. The molecule has 1 aromatic heterocycles. The molecule has 20 heavy (non-hydrogen) atoms. The Morgan fingerprint density at radius 1 is 1.10 bits per heavy atom. The second-order valence-electron chi connectivity index (χ2n) is 4.43. The molecule has 0 saturated heterocycles. The number of aromatic nitrogens is 1. The number of amides is 1. The average molecular weight is 270 g/mol. The van der Waals surface area contributed by atoms with Crippen LogP contribution in [-0.2, 0) is 0 Å². The average Bonchev–Trinajstić information content (AvgIpc) is 2.54. The minimum atomic E-state index is -0.0934. The molecule has 0 unspecified atom stereocenters. The molecule has 1 aromatic carbocycles. The fourth-order valence-electron chi connectivity index (χ4n) is 2.05. The number of hydrogen-bond donors (Lipinski definition) is 0. The van der Waals surface area contributed by atoms with Gasteiger partial charge < -0.3 is 14.4 Å². The number of benzene rings is 1. The molecule has 5 nitrogen and oxygen atoms in total. The molecule has 0 N–H and O–H groups in total. The van der Waals surface area contributed by atoms with Gasteiger partial charge in [-0.05, 0) is 24.3 Å². The summed E-state index contributed by atoms with van der Waals surface area (Å²) >= 11 is 0. The van der Waals surface area contributed by atoms with Gasteiger partial charge in [-0.1, -0.05) is 0 Å². The summed E-state index contributed by atoms with van der Waals surface area (Å²) in [5.74, 6) is 1.29. The Morgan fingerprint density at radius 3 is 2.55 bits per heavy atom. The van der Waals surface area contributed by atoms with E-state index in [9.17, 15) is 4.79 Å². The van der Waals surface area contributed by atoms with Crippen molar-refractivity contribution < 1.29 is 14.3 Å². The molecule has 0 fully saturated rings. The van der Waals surface area contributed by atoms with Gasteiger partial charge in [0, 0.05) is 36.8 Å². The molecule has 2 heterocycles. The second-order valence-corrected chi connectivity index (χ2v) is 4.43. The van der Waals surface area contributed by atoms with Gasteiger partial charge in [-0.2, -0.15) is 0 Å². The number of fused-ring (bicyclic) bond motifs is 1. The minimum absolute atomic E-state index is 0.0934. The van der Waals surface area contributed by atoms with Crippen LogP contribution in [0.25, 0.3) is 0 Å². The van der Waals surface area contributed by atoms with Gasteiger partial charge in [0.05, 0.1) is 0 Å². The summed E-state index contributed by atoms with van der Waals surface area (Å²) < 4.78 is 11.0. The van der Waals surface area contributed by atoms with E-state index < -0.39 is 0 Å². The van der Waals surface area contributed by atoms with Gasteiger partial charge in [0.15, 0.2) is 11.5 Å². The molecule has 1 amide bonds. The van der Waals surface area contributed by atoms with Crippen LogP contribution in [-0.4, -0.2) is 31.2 Å². The summed E-state index contributed by atoms with van der Waals surface area (Å²) in [6.45, 7) is 1.08. The first-order valence-corrected chi connectivity index (χ1v) is 6.33. The van der Waals surface area contributed by atoms with Crippen molar-refractivity contribution >= 4 is 11.6 Å². The monoisotopic (exact) mass is 270 g/mol. The van der Waals surface area contributed by atoms with E-state index >= 15 is 0 Å². The topological polar surface area (TPSA) is 51.7 Å². The van der Waals surface area contributed by atoms with Crippen molar-refractivity contribution in [3.63, 3.8) is 0 Å². The fourth-order valence-corrected chi connectivity index (χ4v) is 2.05. The Kier molecular flexibility index (Phi) is 3.25. The standard InChI is InChI=1S/C15H14N2O3/c1-17(15(18)11-4-6-16-7-5-11)12-2-3-13-14(10-12)20-9-8-19-13/h2-7,10H,8-9H2,1H3. The van der Waals surface area contributed by atoms with Gasteiger partial charge in [0.25, 0.3) is 5.91 Å². The smallest absolute Gasteiger partial charge is 0.258 e. The zero-order valence-electron chi connectivity index (χ0n) is 11.1. The SMILES string of the molecule is CN(C(=O)c1ccncc1)c1ccc2c(c1)OCCO2. The molecular formula is C15H14N2O3.